The minimum absolute atomic E-state index is 0.0298. The molecule has 0 aliphatic rings. The minimum atomic E-state index is -0.741. The Hall–Kier alpha value is -2.44. The molecule has 0 bridgehead atoms. The van der Waals surface area contributed by atoms with Crippen molar-refractivity contribution in [1.29, 1.82) is 0 Å². The number of aromatic nitrogens is 2. The fourth-order valence-electron chi connectivity index (χ4n) is 1.96. The first-order valence-electron chi connectivity index (χ1n) is 6.79. The smallest absolute Gasteiger partial charge is 0.229 e. The van der Waals surface area contributed by atoms with Crippen LogP contribution in [0, 0.1) is 11.6 Å². The van der Waals surface area contributed by atoms with Crippen LogP contribution in [0.25, 0.3) is 0 Å². The zero-order chi connectivity index (χ0) is 17.1. The van der Waals surface area contributed by atoms with Gasteiger partial charge in [-0.2, -0.15) is 4.98 Å². The van der Waals surface area contributed by atoms with Crippen LogP contribution < -0.4 is 10.6 Å². The quantitative estimate of drug-likeness (QED) is 0.635. The lowest BCUT2D eigenvalue weighted by Crippen LogP contribution is -2.03. The molecule has 0 atom stereocenters. The van der Waals surface area contributed by atoms with Crippen molar-refractivity contribution in [2.24, 2.45) is 0 Å². The minimum Gasteiger partial charge on any atom is -0.339 e. The number of halogens is 4. The molecule has 1 aromatic heterocycles. The van der Waals surface area contributed by atoms with Crippen LogP contribution in [-0.4, -0.2) is 9.97 Å². The van der Waals surface area contributed by atoms with Crippen LogP contribution in [0.15, 0.2) is 48.7 Å². The van der Waals surface area contributed by atoms with Crippen LogP contribution in [0.4, 0.5) is 31.9 Å². The van der Waals surface area contributed by atoms with Crippen molar-refractivity contribution in [2.45, 2.75) is 0 Å². The van der Waals surface area contributed by atoms with E-state index in [-0.39, 0.29) is 11.6 Å². The first-order chi connectivity index (χ1) is 11.5. The Bertz CT molecular complexity index is 869. The van der Waals surface area contributed by atoms with Gasteiger partial charge in [-0.3, -0.25) is 0 Å². The molecule has 0 aliphatic heterocycles. The zero-order valence-electron chi connectivity index (χ0n) is 12.0. The number of nitrogens with one attached hydrogen (secondary N) is 2. The molecular formula is C16H10Cl2F2N4. The molecule has 0 unspecified atom stereocenters. The molecule has 4 nitrogen and oxygen atoms in total. The Morgan fingerprint density at radius 1 is 0.875 bits per heavy atom. The van der Waals surface area contributed by atoms with Gasteiger partial charge in [0.1, 0.15) is 23.1 Å². The maximum Gasteiger partial charge on any atom is 0.229 e. The van der Waals surface area contributed by atoms with Gasteiger partial charge in [0.05, 0.1) is 15.7 Å². The topological polar surface area (TPSA) is 49.8 Å². The summed E-state index contributed by atoms with van der Waals surface area (Å²) in [6.45, 7) is 0. The Morgan fingerprint density at radius 2 is 1.58 bits per heavy atom. The average molecular weight is 367 g/mol. The van der Waals surface area contributed by atoms with E-state index in [0.717, 1.165) is 12.1 Å². The normalized spacial score (nSPS) is 10.5. The molecule has 3 rings (SSSR count). The van der Waals surface area contributed by atoms with Gasteiger partial charge in [-0.15, -0.1) is 0 Å². The molecule has 0 spiro atoms. The summed E-state index contributed by atoms with van der Waals surface area (Å²) in [4.78, 5) is 8.09. The number of hydrogen-bond donors (Lipinski definition) is 2. The van der Waals surface area contributed by atoms with E-state index in [1.54, 1.807) is 24.3 Å². The van der Waals surface area contributed by atoms with Crippen molar-refractivity contribution in [3.05, 3.63) is 70.3 Å². The number of benzene rings is 2. The van der Waals surface area contributed by atoms with E-state index in [1.165, 1.54) is 12.3 Å². The summed E-state index contributed by atoms with van der Waals surface area (Å²) < 4.78 is 27.4. The first-order valence-corrected chi connectivity index (χ1v) is 7.55. The van der Waals surface area contributed by atoms with E-state index < -0.39 is 11.6 Å². The van der Waals surface area contributed by atoms with Crippen molar-refractivity contribution in [1.82, 2.24) is 9.97 Å². The maximum atomic E-state index is 13.7. The second-order valence-electron chi connectivity index (χ2n) is 4.71. The fraction of sp³-hybridized carbons (Fsp3) is 0. The molecule has 0 radical (unpaired) electrons. The fourth-order valence-corrected chi connectivity index (χ4v) is 2.30. The molecular weight excluding hydrogens is 357 g/mol. The molecule has 8 heteroatoms. The number of nitrogens with zero attached hydrogens (tertiary/aromatic N) is 2. The lowest BCUT2D eigenvalue weighted by molar-refractivity contribution is 0.590. The summed E-state index contributed by atoms with van der Waals surface area (Å²) in [5.41, 5.74) is 0.223. The van der Waals surface area contributed by atoms with E-state index in [1.807, 2.05) is 0 Å². The summed E-state index contributed by atoms with van der Waals surface area (Å²) in [7, 11) is 0. The molecule has 3 aromatic rings. The van der Waals surface area contributed by atoms with Crippen molar-refractivity contribution < 1.29 is 8.78 Å². The van der Waals surface area contributed by atoms with Gasteiger partial charge in [-0.1, -0.05) is 35.3 Å². The second-order valence-corrected chi connectivity index (χ2v) is 5.50. The number of rotatable bonds is 4. The Labute approximate surface area is 146 Å². The van der Waals surface area contributed by atoms with Gasteiger partial charge in [0.2, 0.25) is 5.95 Å². The van der Waals surface area contributed by atoms with E-state index >= 15 is 0 Å². The van der Waals surface area contributed by atoms with Gasteiger partial charge < -0.3 is 10.6 Å². The summed E-state index contributed by atoms with van der Waals surface area (Å²) in [6.07, 6.45) is 1.44. The number of para-hydroxylation sites is 1. The highest BCUT2D eigenvalue weighted by Gasteiger charge is 2.11. The van der Waals surface area contributed by atoms with Crippen LogP contribution >= 0.6 is 23.2 Å². The van der Waals surface area contributed by atoms with Gasteiger partial charge in [0.25, 0.3) is 0 Å². The molecule has 1 heterocycles. The molecule has 2 aromatic carbocycles. The van der Waals surface area contributed by atoms with Gasteiger partial charge in [0, 0.05) is 6.20 Å². The monoisotopic (exact) mass is 366 g/mol. The standard InChI is InChI=1S/C16H10Cl2F2N4/c17-9-3-1-6-12(14(9)18)22-13-7-8-21-16(23-13)24-15-10(19)4-2-5-11(15)20/h1-8H,(H2,21,22,23,24). The molecule has 2 N–H and O–H groups in total. The predicted molar refractivity (Wildman–Crippen MR) is 91.4 cm³/mol. The predicted octanol–water partition coefficient (Wildman–Crippen LogP) is 5.55. The SMILES string of the molecule is Fc1cccc(F)c1Nc1nccc(Nc2cccc(Cl)c2Cl)n1. The highest BCUT2D eigenvalue weighted by Crippen LogP contribution is 2.31. The summed E-state index contributed by atoms with van der Waals surface area (Å²) in [6, 6.07) is 10.2. The molecule has 0 saturated heterocycles. The van der Waals surface area contributed by atoms with Gasteiger partial charge in [-0.05, 0) is 30.3 Å². The zero-order valence-corrected chi connectivity index (χ0v) is 13.5. The van der Waals surface area contributed by atoms with Crippen molar-refractivity contribution in [2.75, 3.05) is 10.6 Å². The van der Waals surface area contributed by atoms with Crippen LogP contribution in [-0.2, 0) is 0 Å². The highest BCUT2D eigenvalue weighted by molar-refractivity contribution is 6.43. The van der Waals surface area contributed by atoms with Crippen LogP contribution in [0.1, 0.15) is 0 Å². The van der Waals surface area contributed by atoms with Gasteiger partial charge in [0.15, 0.2) is 0 Å². The molecule has 122 valence electrons. The molecule has 0 saturated carbocycles. The number of anilines is 4. The van der Waals surface area contributed by atoms with Crippen LogP contribution in [0.2, 0.25) is 10.0 Å². The third-order valence-electron chi connectivity index (χ3n) is 3.07. The van der Waals surface area contributed by atoms with Crippen molar-refractivity contribution in [3.8, 4) is 0 Å². The lowest BCUT2D eigenvalue weighted by atomic mass is 10.3. The van der Waals surface area contributed by atoms with E-state index in [2.05, 4.69) is 20.6 Å². The van der Waals surface area contributed by atoms with E-state index in [9.17, 15) is 8.78 Å². The Morgan fingerprint density at radius 3 is 2.33 bits per heavy atom. The van der Waals surface area contributed by atoms with E-state index in [4.69, 9.17) is 23.2 Å². The van der Waals surface area contributed by atoms with Crippen molar-refractivity contribution in [3.63, 3.8) is 0 Å². The van der Waals surface area contributed by atoms with Crippen LogP contribution in [0.3, 0.4) is 0 Å². The molecule has 0 amide bonds. The highest BCUT2D eigenvalue weighted by atomic mass is 35.5. The largest absolute Gasteiger partial charge is 0.339 e. The molecule has 0 aliphatic carbocycles. The Balaban J connectivity index is 1.86. The lowest BCUT2D eigenvalue weighted by Gasteiger charge is -2.11. The summed E-state index contributed by atoms with van der Waals surface area (Å²) >= 11 is 12.1. The summed E-state index contributed by atoms with van der Waals surface area (Å²) in [5, 5.41) is 6.23. The van der Waals surface area contributed by atoms with Crippen molar-refractivity contribution >= 4 is 46.3 Å². The number of hydrogen-bond acceptors (Lipinski definition) is 4. The first kappa shape index (κ1) is 16.4. The van der Waals surface area contributed by atoms with Crippen LogP contribution in [0.5, 0.6) is 0 Å². The third-order valence-corrected chi connectivity index (χ3v) is 3.89. The average Bonchev–Trinajstić information content (AvgIpc) is 2.56. The van der Waals surface area contributed by atoms with Gasteiger partial charge >= 0.3 is 0 Å². The maximum absolute atomic E-state index is 13.7. The van der Waals surface area contributed by atoms with Gasteiger partial charge in [-0.25, -0.2) is 13.8 Å². The summed E-state index contributed by atoms with van der Waals surface area (Å²) in [5.74, 6) is -1.07. The Kier molecular flexibility index (Phi) is 4.78. The third kappa shape index (κ3) is 3.55. The molecule has 0 fully saturated rings. The molecule has 24 heavy (non-hydrogen) atoms. The second kappa shape index (κ2) is 6.98. The van der Waals surface area contributed by atoms with E-state index in [0.29, 0.717) is 21.6 Å².